The van der Waals surface area contributed by atoms with E-state index in [9.17, 15) is 24.1 Å². The summed E-state index contributed by atoms with van der Waals surface area (Å²) >= 11 is 0. The third-order valence-electron chi connectivity index (χ3n) is 3.35. The minimum absolute atomic E-state index is 0.0352. The van der Waals surface area contributed by atoms with Crippen molar-refractivity contribution >= 4 is 17.5 Å². The quantitative estimate of drug-likeness (QED) is 0.617. The number of carbonyl (C=O) groups excluding carboxylic acids is 2. The number of primary amides is 1. The van der Waals surface area contributed by atoms with Gasteiger partial charge >= 0.3 is 0 Å². The normalized spacial score (nSPS) is 11.5. The van der Waals surface area contributed by atoms with Gasteiger partial charge in [-0.2, -0.15) is 0 Å². The molecule has 0 bridgehead atoms. The van der Waals surface area contributed by atoms with Gasteiger partial charge in [-0.25, -0.2) is 4.39 Å². The average Bonchev–Trinajstić information content (AvgIpc) is 2.54. The average molecular weight is 331 g/mol. The first kappa shape index (κ1) is 17.1. The van der Waals surface area contributed by atoms with E-state index >= 15 is 0 Å². The highest BCUT2D eigenvalue weighted by molar-refractivity contribution is 5.97. The third kappa shape index (κ3) is 4.13. The first-order chi connectivity index (χ1) is 11.4. The minimum atomic E-state index is -1.07. The van der Waals surface area contributed by atoms with E-state index in [1.165, 1.54) is 42.5 Å². The van der Waals surface area contributed by atoms with Crippen molar-refractivity contribution < 1.29 is 18.9 Å². The van der Waals surface area contributed by atoms with E-state index in [4.69, 9.17) is 5.73 Å². The zero-order valence-corrected chi connectivity index (χ0v) is 12.4. The summed E-state index contributed by atoms with van der Waals surface area (Å²) in [6.45, 7) is 0. The molecule has 0 fully saturated rings. The summed E-state index contributed by atoms with van der Waals surface area (Å²) in [7, 11) is 0. The van der Waals surface area contributed by atoms with E-state index in [2.05, 4.69) is 5.32 Å². The van der Waals surface area contributed by atoms with Crippen LogP contribution in [0.4, 0.5) is 10.1 Å². The van der Waals surface area contributed by atoms with Crippen LogP contribution in [0, 0.1) is 15.9 Å². The van der Waals surface area contributed by atoms with Gasteiger partial charge in [0, 0.05) is 18.6 Å². The molecule has 0 spiro atoms. The van der Waals surface area contributed by atoms with Crippen molar-refractivity contribution in [1.29, 1.82) is 0 Å². The Bertz CT molecular complexity index is 777. The lowest BCUT2D eigenvalue weighted by Gasteiger charge is -2.16. The second kappa shape index (κ2) is 7.32. The monoisotopic (exact) mass is 331 g/mol. The van der Waals surface area contributed by atoms with Gasteiger partial charge in [-0.15, -0.1) is 0 Å². The molecular formula is C16H14FN3O4. The lowest BCUT2D eigenvalue weighted by atomic mass is 10.0. The van der Waals surface area contributed by atoms with Crippen LogP contribution in [0.3, 0.4) is 0 Å². The predicted octanol–water partition coefficient (Wildman–Crippen LogP) is 1.56. The van der Waals surface area contributed by atoms with Crippen LogP contribution in [0.1, 0.15) is 15.9 Å². The van der Waals surface area contributed by atoms with Crippen LogP contribution in [-0.2, 0) is 11.2 Å². The smallest absolute Gasteiger partial charge is 0.269 e. The SMILES string of the molecule is NC(=O)[C@@H](Cc1ccc([N+](=O)[O-])cc1)NC(=O)c1ccccc1F. The van der Waals surface area contributed by atoms with Crippen LogP contribution in [0.5, 0.6) is 0 Å². The van der Waals surface area contributed by atoms with E-state index in [1.54, 1.807) is 0 Å². The molecule has 0 saturated carbocycles. The summed E-state index contributed by atoms with van der Waals surface area (Å²) in [5, 5.41) is 13.0. The van der Waals surface area contributed by atoms with Gasteiger partial charge in [0.2, 0.25) is 5.91 Å². The van der Waals surface area contributed by atoms with E-state index in [0.717, 1.165) is 6.07 Å². The van der Waals surface area contributed by atoms with Gasteiger partial charge in [0.25, 0.3) is 11.6 Å². The van der Waals surface area contributed by atoms with Gasteiger partial charge in [0.15, 0.2) is 0 Å². The minimum Gasteiger partial charge on any atom is -0.368 e. The van der Waals surface area contributed by atoms with E-state index in [1.807, 2.05) is 0 Å². The summed E-state index contributed by atoms with van der Waals surface area (Å²) < 4.78 is 13.6. The molecule has 0 unspecified atom stereocenters. The Morgan fingerprint density at radius 1 is 1.17 bits per heavy atom. The number of non-ortho nitro benzene ring substituents is 1. The molecule has 0 saturated heterocycles. The maximum absolute atomic E-state index is 13.6. The highest BCUT2D eigenvalue weighted by atomic mass is 19.1. The van der Waals surface area contributed by atoms with E-state index in [0.29, 0.717) is 5.56 Å². The fraction of sp³-hybridized carbons (Fsp3) is 0.125. The molecule has 0 aromatic heterocycles. The second-order valence-corrected chi connectivity index (χ2v) is 5.04. The molecule has 0 aliphatic rings. The zero-order valence-electron chi connectivity index (χ0n) is 12.4. The molecule has 7 nitrogen and oxygen atoms in total. The molecule has 2 aromatic rings. The molecule has 0 aliphatic heterocycles. The largest absolute Gasteiger partial charge is 0.368 e. The van der Waals surface area contributed by atoms with E-state index in [-0.39, 0.29) is 17.7 Å². The first-order valence-corrected chi connectivity index (χ1v) is 6.96. The molecule has 0 radical (unpaired) electrons. The molecule has 1 atom stereocenters. The summed E-state index contributed by atoms with van der Waals surface area (Å²) in [6, 6.07) is 9.77. The number of benzene rings is 2. The first-order valence-electron chi connectivity index (χ1n) is 6.96. The van der Waals surface area contributed by atoms with Crippen molar-refractivity contribution in [3.8, 4) is 0 Å². The van der Waals surface area contributed by atoms with Crippen molar-refractivity contribution in [3.63, 3.8) is 0 Å². The molecule has 124 valence electrons. The van der Waals surface area contributed by atoms with Crippen molar-refractivity contribution in [3.05, 3.63) is 75.6 Å². The Hall–Kier alpha value is -3.29. The molecular weight excluding hydrogens is 317 g/mol. The molecule has 0 aliphatic carbocycles. The molecule has 24 heavy (non-hydrogen) atoms. The van der Waals surface area contributed by atoms with Crippen molar-refractivity contribution in [1.82, 2.24) is 5.32 Å². The van der Waals surface area contributed by atoms with Gasteiger partial charge in [-0.3, -0.25) is 19.7 Å². The number of nitro groups is 1. The van der Waals surface area contributed by atoms with Crippen LogP contribution in [0.25, 0.3) is 0 Å². The molecule has 0 heterocycles. The summed E-state index contributed by atoms with van der Waals surface area (Å²) in [4.78, 5) is 33.7. The Balaban J connectivity index is 2.12. The van der Waals surface area contributed by atoms with Crippen molar-refractivity contribution in [2.45, 2.75) is 12.5 Å². The number of hydrogen-bond acceptors (Lipinski definition) is 4. The molecule has 8 heteroatoms. The Morgan fingerprint density at radius 3 is 2.33 bits per heavy atom. The van der Waals surface area contributed by atoms with Crippen molar-refractivity contribution in [2.75, 3.05) is 0 Å². The number of nitrogens with zero attached hydrogens (tertiary/aromatic N) is 1. The predicted molar refractivity (Wildman–Crippen MR) is 83.6 cm³/mol. The van der Waals surface area contributed by atoms with E-state index < -0.39 is 28.6 Å². The summed E-state index contributed by atoms with van der Waals surface area (Å²) in [5.41, 5.74) is 5.55. The number of carbonyl (C=O) groups is 2. The Labute approximate surface area is 136 Å². The number of hydrogen-bond donors (Lipinski definition) is 2. The third-order valence-corrected chi connectivity index (χ3v) is 3.35. The van der Waals surface area contributed by atoms with Crippen LogP contribution < -0.4 is 11.1 Å². The van der Waals surface area contributed by atoms with Gasteiger partial charge in [-0.1, -0.05) is 24.3 Å². The van der Waals surface area contributed by atoms with Gasteiger partial charge in [-0.05, 0) is 17.7 Å². The molecule has 3 N–H and O–H groups in total. The number of rotatable bonds is 6. The second-order valence-electron chi connectivity index (χ2n) is 5.04. The number of nitro benzene ring substituents is 1. The number of nitrogens with two attached hydrogens (primary N) is 1. The fourth-order valence-electron chi connectivity index (χ4n) is 2.09. The lowest BCUT2D eigenvalue weighted by Crippen LogP contribution is -2.46. The van der Waals surface area contributed by atoms with Crippen LogP contribution >= 0.6 is 0 Å². The summed E-state index contributed by atoms with van der Waals surface area (Å²) in [5.74, 6) is -2.27. The standard InChI is InChI=1S/C16H14FN3O4/c17-13-4-2-1-3-12(13)16(22)19-14(15(18)21)9-10-5-7-11(8-6-10)20(23)24/h1-8,14H,9H2,(H2,18,21)(H,19,22)/t14-/m1/s1. The Kier molecular flexibility index (Phi) is 5.20. The number of nitrogens with one attached hydrogen (secondary N) is 1. The van der Waals surface area contributed by atoms with Crippen LogP contribution in [-0.4, -0.2) is 22.8 Å². The Morgan fingerprint density at radius 2 is 1.79 bits per heavy atom. The topological polar surface area (TPSA) is 115 Å². The van der Waals surface area contributed by atoms with Crippen LogP contribution in [0.15, 0.2) is 48.5 Å². The molecule has 2 rings (SSSR count). The van der Waals surface area contributed by atoms with Gasteiger partial charge in [0.05, 0.1) is 10.5 Å². The van der Waals surface area contributed by atoms with Crippen molar-refractivity contribution in [2.24, 2.45) is 5.73 Å². The van der Waals surface area contributed by atoms with Gasteiger partial charge in [0.1, 0.15) is 11.9 Å². The highest BCUT2D eigenvalue weighted by Gasteiger charge is 2.21. The maximum Gasteiger partial charge on any atom is 0.269 e. The maximum atomic E-state index is 13.6. The molecule has 2 aromatic carbocycles. The summed E-state index contributed by atoms with van der Waals surface area (Å²) in [6.07, 6.45) is 0.0352. The zero-order chi connectivity index (χ0) is 17.7. The number of amides is 2. The lowest BCUT2D eigenvalue weighted by molar-refractivity contribution is -0.384. The molecule has 2 amide bonds. The van der Waals surface area contributed by atoms with Crippen LogP contribution in [0.2, 0.25) is 0 Å². The number of halogens is 1. The van der Waals surface area contributed by atoms with Gasteiger partial charge < -0.3 is 11.1 Å². The highest BCUT2D eigenvalue weighted by Crippen LogP contribution is 2.14. The fourth-order valence-corrected chi connectivity index (χ4v) is 2.09.